The maximum absolute atomic E-state index is 13.4. The molecule has 1 aliphatic rings. The zero-order chi connectivity index (χ0) is 20.1. The molecule has 0 bridgehead atoms. The van der Waals surface area contributed by atoms with Gasteiger partial charge in [-0.15, -0.1) is 11.3 Å². The van der Waals surface area contributed by atoms with Crippen molar-refractivity contribution in [2.75, 3.05) is 43.3 Å². The number of thiophene rings is 1. The van der Waals surface area contributed by atoms with Crippen LogP contribution in [0.1, 0.15) is 16.7 Å². The maximum atomic E-state index is 13.4. The lowest BCUT2D eigenvalue weighted by Gasteiger charge is -2.29. The quantitative estimate of drug-likeness (QED) is 0.668. The molecule has 0 atom stereocenters. The van der Waals surface area contributed by atoms with Crippen molar-refractivity contribution in [3.63, 3.8) is 0 Å². The van der Waals surface area contributed by atoms with Crippen LogP contribution in [0, 0.1) is 0 Å². The highest BCUT2D eigenvalue weighted by Crippen LogP contribution is 2.52. The van der Waals surface area contributed by atoms with E-state index in [1.165, 1.54) is 11.3 Å². The Labute approximate surface area is 174 Å². The van der Waals surface area contributed by atoms with Crippen LogP contribution in [0.2, 0.25) is 4.34 Å². The number of halogens is 1. The Morgan fingerprint density at radius 1 is 0.857 bits per heavy atom. The lowest BCUT2D eigenvalue weighted by molar-refractivity contribution is -0.118. The van der Waals surface area contributed by atoms with Gasteiger partial charge in [0.2, 0.25) is 5.91 Å². The molecule has 2 heterocycles. The van der Waals surface area contributed by atoms with Crippen molar-refractivity contribution >= 4 is 45.2 Å². The molecular weight excluding hydrogens is 390 g/mol. The summed E-state index contributed by atoms with van der Waals surface area (Å²) in [5.74, 6) is -0.0411. The summed E-state index contributed by atoms with van der Waals surface area (Å²) in [5, 5.41) is 3.88. The third kappa shape index (κ3) is 2.77. The fourth-order valence-corrected chi connectivity index (χ4v) is 4.99. The molecule has 0 aliphatic carbocycles. The molecule has 28 heavy (non-hydrogen) atoms. The van der Waals surface area contributed by atoms with Crippen molar-refractivity contribution in [3.05, 3.63) is 75.6 Å². The summed E-state index contributed by atoms with van der Waals surface area (Å²) in [4.78, 5) is 17.5. The Morgan fingerprint density at radius 2 is 1.32 bits per heavy atom. The highest BCUT2D eigenvalue weighted by molar-refractivity contribution is 7.20. The van der Waals surface area contributed by atoms with Crippen molar-refractivity contribution in [3.8, 4) is 0 Å². The molecule has 6 heteroatoms. The Morgan fingerprint density at radius 3 is 1.75 bits per heavy atom. The van der Waals surface area contributed by atoms with Crippen LogP contribution < -0.4 is 15.1 Å². The van der Waals surface area contributed by atoms with Gasteiger partial charge in [0, 0.05) is 45.1 Å². The van der Waals surface area contributed by atoms with Crippen molar-refractivity contribution in [1.82, 2.24) is 0 Å². The van der Waals surface area contributed by atoms with Gasteiger partial charge in [-0.3, -0.25) is 4.79 Å². The first kappa shape index (κ1) is 18.8. The Hall–Kier alpha value is -2.50. The van der Waals surface area contributed by atoms with E-state index < -0.39 is 5.41 Å². The second kappa shape index (κ2) is 6.83. The number of nitrogens with one attached hydrogen (secondary N) is 1. The van der Waals surface area contributed by atoms with Gasteiger partial charge in [-0.05, 0) is 41.5 Å². The molecule has 1 N–H and O–H groups in total. The van der Waals surface area contributed by atoms with Crippen LogP contribution in [0.3, 0.4) is 0 Å². The summed E-state index contributed by atoms with van der Waals surface area (Å²) < 4.78 is 0.671. The minimum absolute atomic E-state index is 0.0411. The molecule has 0 saturated carbocycles. The number of carbonyl (C=O) groups is 1. The molecule has 3 aromatic rings. The topological polar surface area (TPSA) is 35.6 Å². The first-order valence-electron chi connectivity index (χ1n) is 9.01. The minimum atomic E-state index is -0.908. The van der Waals surface area contributed by atoms with Crippen LogP contribution in [0.15, 0.2) is 54.6 Å². The summed E-state index contributed by atoms with van der Waals surface area (Å²) in [6.07, 6.45) is 0. The number of amides is 1. The maximum Gasteiger partial charge on any atom is 0.244 e. The van der Waals surface area contributed by atoms with E-state index in [4.69, 9.17) is 11.6 Å². The zero-order valence-corrected chi connectivity index (χ0v) is 17.9. The van der Waals surface area contributed by atoms with Gasteiger partial charge in [0.25, 0.3) is 0 Å². The van der Waals surface area contributed by atoms with Gasteiger partial charge in [0.15, 0.2) is 0 Å². The average molecular weight is 412 g/mol. The molecule has 2 aromatic carbocycles. The standard InChI is InChI=1S/C22H22ClN3OS/c1-25(2)16-9-5-14(6-10-16)22(15-7-11-17(12-8-15)26(3)4)18-13-19(23)28-20(18)24-21(22)27/h5-13H,1-4H3,(H,24,27). The smallest absolute Gasteiger partial charge is 0.244 e. The molecule has 4 nitrogen and oxygen atoms in total. The Balaban J connectivity index is 1.95. The summed E-state index contributed by atoms with van der Waals surface area (Å²) in [6, 6.07) is 18.2. The van der Waals surface area contributed by atoms with E-state index in [1.807, 2.05) is 92.6 Å². The molecule has 1 aliphatic heterocycles. The first-order chi connectivity index (χ1) is 13.3. The van der Waals surface area contributed by atoms with E-state index in [2.05, 4.69) is 5.32 Å². The number of benzene rings is 2. The minimum Gasteiger partial charge on any atom is -0.378 e. The Kier molecular flexibility index (Phi) is 4.60. The van der Waals surface area contributed by atoms with Gasteiger partial charge in [-0.25, -0.2) is 0 Å². The van der Waals surface area contributed by atoms with E-state index in [9.17, 15) is 4.79 Å². The fourth-order valence-electron chi connectivity index (χ4n) is 3.81. The molecular formula is C22H22ClN3OS. The number of hydrogen-bond donors (Lipinski definition) is 1. The summed E-state index contributed by atoms with van der Waals surface area (Å²) >= 11 is 7.72. The largest absolute Gasteiger partial charge is 0.378 e. The fraction of sp³-hybridized carbons (Fsp3) is 0.227. The van der Waals surface area contributed by atoms with Crippen LogP contribution in [0.25, 0.3) is 0 Å². The van der Waals surface area contributed by atoms with Crippen molar-refractivity contribution in [2.24, 2.45) is 0 Å². The van der Waals surface area contributed by atoms with Gasteiger partial charge in [0.05, 0.1) is 4.34 Å². The number of rotatable bonds is 4. The van der Waals surface area contributed by atoms with Crippen LogP contribution >= 0.6 is 22.9 Å². The Bertz CT molecular complexity index is 971. The average Bonchev–Trinajstić information content (AvgIpc) is 3.15. The van der Waals surface area contributed by atoms with Crippen molar-refractivity contribution in [1.29, 1.82) is 0 Å². The van der Waals surface area contributed by atoms with Crippen molar-refractivity contribution in [2.45, 2.75) is 5.41 Å². The summed E-state index contributed by atoms with van der Waals surface area (Å²) in [7, 11) is 8.01. The molecule has 1 aromatic heterocycles. The van der Waals surface area contributed by atoms with Gasteiger partial charge >= 0.3 is 0 Å². The highest BCUT2D eigenvalue weighted by atomic mass is 35.5. The van der Waals surface area contributed by atoms with E-state index >= 15 is 0 Å². The lowest BCUT2D eigenvalue weighted by Crippen LogP contribution is -2.37. The van der Waals surface area contributed by atoms with Gasteiger partial charge in [0.1, 0.15) is 10.4 Å². The second-order valence-corrected chi connectivity index (χ2v) is 9.06. The summed E-state index contributed by atoms with van der Waals surface area (Å²) in [5.41, 5.74) is 4.05. The van der Waals surface area contributed by atoms with Crippen LogP contribution in [-0.2, 0) is 10.2 Å². The monoisotopic (exact) mass is 411 g/mol. The molecule has 0 unspecified atom stereocenters. The number of fused-ring (bicyclic) bond motifs is 1. The molecule has 144 valence electrons. The predicted octanol–water partition coefficient (Wildman–Crippen LogP) is 4.82. The highest BCUT2D eigenvalue weighted by Gasteiger charge is 2.51. The molecule has 0 fully saturated rings. The molecule has 0 saturated heterocycles. The number of hydrogen-bond acceptors (Lipinski definition) is 4. The van der Waals surface area contributed by atoms with Gasteiger partial charge < -0.3 is 15.1 Å². The van der Waals surface area contributed by atoms with E-state index in [1.54, 1.807) is 0 Å². The summed E-state index contributed by atoms with van der Waals surface area (Å²) in [6.45, 7) is 0. The normalized spacial score (nSPS) is 14.5. The van der Waals surface area contributed by atoms with Gasteiger partial charge in [-0.2, -0.15) is 0 Å². The van der Waals surface area contributed by atoms with E-state index in [0.29, 0.717) is 4.34 Å². The predicted molar refractivity (Wildman–Crippen MR) is 119 cm³/mol. The second-order valence-electron chi connectivity index (χ2n) is 7.38. The SMILES string of the molecule is CN(C)c1ccc(C2(c3ccc(N(C)C)cc3)C(=O)Nc3sc(Cl)cc32)cc1. The molecule has 0 radical (unpaired) electrons. The van der Waals surface area contributed by atoms with Gasteiger partial charge in [-0.1, -0.05) is 35.9 Å². The third-order valence-corrected chi connectivity index (χ3v) is 6.49. The van der Waals surface area contributed by atoms with Crippen molar-refractivity contribution < 1.29 is 4.79 Å². The van der Waals surface area contributed by atoms with Crippen LogP contribution in [0.5, 0.6) is 0 Å². The van der Waals surface area contributed by atoms with E-state index in [0.717, 1.165) is 33.1 Å². The number of carbonyl (C=O) groups excluding carboxylic acids is 1. The van der Waals surface area contributed by atoms with Crippen LogP contribution in [-0.4, -0.2) is 34.1 Å². The third-order valence-electron chi connectivity index (χ3n) is 5.31. The first-order valence-corrected chi connectivity index (χ1v) is 10.2. The molecule has 4 rings (SSSR count). The van der Waals surface area contributed by atoms with Crippen LogP contribution in [0.4, 0.5) is 16.4 Å². The molecule has 0 spiro atoms. The molecule has 1 amide bonds. The van der Waals surface area contributed by atoms with E-state index in [-0.39, 0.29) is 5.91 Å². The lowest BCUT2D eigenvalue weighted by atomic mass is 9.71. The number of nitrogens with zero attached hydrogens (tertiary/aromatic N) is 2. The zero-order valence-electron chi connectivity index (χ0n) is 16.3. The number of anilines is 3.